The Kier molecular flexibility index (Phi) is 9.53. The Hall–Kier alpha value is -2.84. The smallest absolute Gasteiger partial charge is 0.253 e. The third-order valence-electron chi connectivity index (χ3n) is 5.04. The van der Waals surface area contributed by atoms with Gasteiger partial charge in [-0.1, -0.05) is 51.3 Å². The minimum atomic E-state index is -0.800. The predicted octanol–water partition coefficient (Wildman–Crippen LogP) is 6.26. The Morgan fingerprint density at radius 2 is 1.35 bits per heavy atom. The Bertz CT molecular complexity index is 1060. The Labute approximate surface area is 216 Å². The van der Waals surface area contributed by atoms with Crippen LogP contribution in [0.2, 0.25) is 0 Å². The van der Waals surface area contributed by atoms with E-state index in [0.29, 0.717) is 34.8 Å². The van der Waals surface area contributed by atoms with E-state index in [-0.39, 0.29) is 11.8 Å². The lowest BCUT2D eigenvalue weighted by Gasteiger charge is -2.22. The lowest BCUT2D eigenvalue weighted by Crippen LogP contribution is -2.41. The van der Waals surface area contributed by atoms with Crippen LogP contribution in [0.25, 0.3) is 0 Å². The van der Waals surface area contributed by atoms with Crippen molar-refractivity contribution < 1.29 is 19.1 Å². The number of ether oxygens (including phenoxy) is 2. The van der Waals surface area contributed by atoms with Gasteiger partial charge in [0, 0.05) is 20.1 Å². The van der Waals surface area contributed by atoms with Gasteiger partial charge in [-0.2, -0.15) is 0 Å². The summed E-state index contributed by atoms with van der Waals surface area (Å²) < 4.78 is 13.1. The molecule has 0 aliphatic carbocycles. The van der Waals surface area contributed by atoms with Crippen molar-refractivity contribution in [2.45, 2.75) is 25.9 Å². The van der Waals surface area contributed by atoms with Gasteiger partial charge in [0.15, 0.2) is 11.5 Å². The normalized spacial score (nSPS) is 10.6. The molecule has 0 aliphatic rings. The van der Waals surface area contributed by atoms with E-state index in [4.69, 9.17) is 9.47 Å². The number of carbonyl (C=O) groups is 2. The molecule has 3 rings (SSSR count). The summed E-state index contributed by atoms with van der Waals surface area (Å²) in [6, 6.07) is 19.3. The van der Waals surface area contributed by atoms with Gasteiger partial charge in [-0.25, -0.2) is 0 Å². The highest BCUT2D eigenvalue weighted by molar-refractivity contribution is 9.10. The lowest BCUT2D eigenvalue weighted by atomic mass is 10.1. The molecule has 0 fully saturated rings. The first-order chi connectivity index (χ1) is 16.4. The first-order valence-corrected chi connectivity index (χ1v) is 12.4. The number of benzene rings is 3. The van der Waals surface area contributed by atoms with Crippen LogP contribution in [0.3, 0.4) is 0 Å². The van der Waals surface area contributed by atoms with E-state index in [1.54, 1.807) is 73.8 Å². The Morgan fingerprint density at radius 1 is 0.824 bits per heavy atom. The van der Waals surface area contributed by atoms with Crippen LogP contribution in [0.1, 0.15) is 52.2 Å². The summed E-state index contributed by atoms with van der Waals surface area (Å²) in [5.74, 6) is 0.484. The van der Waals surface area contributed by atoms with Crippen LogP contribution in [0.15, 0.2) is 75.7 Å². The van der Waals surface area contributed by atoms with Gasteiger partial charge in [0.05, 0.1) is 13.7 Å². The van der Waals surface area contributed by atoms with E-state index in [2.05, 4.69) is 49.4 Å². The fraction of sp³-hybridized carbons (Fsp3) is 0.231. The second-order valence-electron chi connectivity index (χ2n) is 7.51. The van der Waals surface area contributed by atoms with E-state index in [9.17, 15) is 9.59 Å². The van der Waals surface area contributed by atoms with Gasteiger partial charge < -0.3 is 20.1 Å². The summed E-state index contributed by atoms with van der Waals surface area (Å²) >= 11 is 6.75. The number of halogens is 2. The van der Waals surface area contributed by atoms with E-state index in [1.165, 1.54) is 0 Å². The minimum Gasteiger partial charge on any atom is -0.493 e. The van der Waals surface area contributed by atoms with Crippen molar-refractivity contribution in [1.29, 1.82) is 0 Å². The van der Waals surface area contributed by atoms with Crippen molar-refractivity contribution in [1.82, 2.24) is 10.6 Å². The van der Waals surface area contributed by atoms with Gasteiger partial charge in [0.1, 0.15) is 6.17 Å². The van der Waals surface area contributed by atoms with Crippen LogP contribution >= 0.6 is 31.9 Å². The first kappa shape index (κ1) is 25.8. The third-order valence-corrected chi connectivity index (χ3v) is 6.10. The molecule has 34 heavy (non-hydrogen) atoms. The number of nitrogens with one attached hydrogen (secondary N) is 2. The molecule has 0 saturated heterocycles. The lowest BCUT2D eigenvalue weighted by molar-refractivity contribution is 0.0883. The molecule has 3 aromatic rings. The highest BCUT2D eigenvalue weighted by Crippen LogP contribution is 2.30. The van der Waals surface area contributed by atoms with E-state index in [1.807, 2.05) is 0 Å². The predicted molar refractivity (Wildman–Crippen MR) is 139 cm³/mol. The summed E-state index contributed by atoms with van der Waals surface area (Å²) in [5.41, 5.74) is 1.59. The van der Waals surface area contributed by atoms with Crippen molar-refractivity contribution in [2.75, 3.05) is 13.7 Å². The summed E-state index contributed by atoms with van der Waals surface area (Å²) in [5, 5.41) is 5.82. The first-order valence-electron chi connectivity index (χ1n) is 10.8. The maximum absolute atomic E-state index is 13.0. The van der Waals surface area contributed by atoms with Crippen LogP contribution < -0.4 is 20.1 Å². The monoisotopic (exact) mass is 588 g/mol. The molecule has 0 heterocycles. The van der Waals surface area contributed by atoms with Gasteiger partial charge in [-0.15, -0.1) is 0 Å². The van der Waals surface area contributed by atoms with Gasteiger partial charge in [-0.05, 0) is 72.6 Å². The standard InChI is InChI=1S/C26H26Br2N2O4/c1-3-4-15-34-22-14-9-19(16-23(22)33-2)24(29-25(31)17-5-10-20(27)11-6-17)30-26(32)18-7-12-21(28)13-8-18/h5-14,16,24H,3-4,15H2,1-2H3,(H,29,31)(H,30,32). The van der Waals surface area contributed by atoms with Crippen LogP contribution in [-0.2, 0) is 0 Å². The van der Waals surface area contributed by atoms with E-state index in [0.717, 1.165) is 21.8 Å². The minimum absolute atomic E-state index is 0.323. The molecule has 0 radical (unpaired) electrons. The van der Waals surface area contributed by atoms with Crippen molar-refractivity contribution >= 4 is 43.7 Å². The molecule has 0 saturated carbocycles. The SMILES string of the molecule is CCCCOc1ccc(C(NC(=O)c2ccc(Br)cc2)NC(=O)c2ccc(Br)cc2)cc1OC. The number of carbonyl (C=O) groups excluding carboxylic acids is 2. The van der Waals surface area contributed by atoms with Crippen molar-refractivity contribution in [3.05, 3.63) is 92.4 Å². The van der Waals surface area contributed by atoms with E-state index >= 15 is 0 Å². The molecule has 2 N–H and O–H groups in total. The average Bonchev–Trinajstić information content (AvgIpc) is 2.84. The summed E-state index contributed by atoms with van der Waals surface area (Å²) in [6.45, 7) is 2.67. The van der Waals surface area contributed by atoms with Crippen molar-refractivity contribution in [3.63, 3.8) is 0 Å². The maximum Gasteiger partial charge on any atom is 0.253 e. The van der Waals surface area contributed by atoms with Crippen LogP contribution in [0, 0.1) is 0 Å². The molecular weight excluding hydrogens is 564 g/mol. The number of methoxy groups -OCH3 is 1. The van der Waals surface area contributed by atoms with Crippen LogP contribution in [-0.4, -0.2) is 25.5 Å². The van der Waals surface area contributed by atoms with E-state index < -0.39 is 6.17 Å². The molecular formula is C26H26Br2N2O4. The number of rotatable bonds is 10. The van der Waals surface area contributed by atoms with Crippen LogP contribution in [0.5, 0.6) is 11.5 Å². The molecule has 6 nitrogen and oxygen atoms in total. The second-order valence-corrected chi connectivity index (χ2v) is 9.34. The van der Waals surface area contributed by atoms with Crippen molar-refractivity contribution in [3.8, 4) is 11.5 Å². The highest BCUT2D eigenvalue weighted by atomic mass is 79.9. The number of unbranched alkanes of at least 4 members (excludes halogenated alkanes) is 1. The number of amides is 2. The molecule has 8 heteroatoms. The fourth-order valence-corrected chi connectivity index (χ4v) is 3.67. The molecule has 0 bridgehead atoms. The molecule has 178 valence electrons. The Balaban J connectivity index is 1.88. The molecule has 0 aromatic heterocycles. The molecule has 0 unspecified atom stereocenters. The van der Waals surface area contributed by atoms with Gasteiger partial charge in [0.2, 0.25) is 0 Å². The number of hydrogen-bond acceptors (Lipinski definition) is 4. The zero-order valence-electron chi connectivity index (χ0n) is 18.9. The third kappa shape index (κ3) is 7.08. The summed E-state index contributed by atoms with van der Waals surface area (Å²) in [7, 11) is 1.56. The van der Waals surface area contributed by atoms with Gasteiger partial charge in [0.25, 0.3) is 11.8 Å². The quantitative estimate of drug-likeness (QED) is 0.216. The molecule has 0 aliphatic heterocycles. The molecule has 2 amide bonds. The zero-order chi connectivity index (χ0) is 24.5. The van der Waals surface area contributed by atoms with Gasteiger partial charge in [-0.3, -0.25) is 9.59 Å². The topological polar surface area (TPSA) is 76.7 Å². The van der Waals surface area contributed by atoms with Crippen molar-refractivity contribution in [2.24, 2.45) is 0 Å². The average molecular weight is 590 g/mol. The summed E-state index contributed by atoms with van der Waals surface area (Å²) in [4.78, 5) is 25.9. The second kappa shape index (κ2) is 12.6. The van der Waals surface area contributed by atoms with Gasteiger partial charge >= 0.3 is 0 Å². The molecule has 3 aromatic carbocycles. The maximum atomic E-state index is 13.0. The summed E-state index contributed by atoms with van der Waals surface area (Å²) in [6.07, 6.45) is 1.15. The Morgan fingerprint density at radius 3 is 1.82 bits per heavy atom. The highest BCUT2D eigenvalue weighted by Gasteiger charge is 2.21. The number of hydrogen-bond donors (Lipinski definition) is 2. The molecule has 0 atom stereocenters. The fourth-order valence-electron chi connectivity index (χ4n) is 3.14. The van der Waals surface area contributed by atoms with Crippen LogP contribution in [0.4, 0.5) is 0 Å². The zero-order valence-corrected chi connectivity index (χ0v) is 22.1. The largest absolute Gasteiger partial charge is 0.493 e. The molecule has 0 spiro atoms.